The van der Waals surface area contributed by atoms with Gasteiger partial charge in [-0.05, 0) is 34.7 Å². The maximum atomic E-state index is 11.3. The lowest BCUT2D eigenvalue weighted by atomic mass is 10.1. The first-order valence-corrected chi connectivity index (χ1v) is 5.13. The van der Waals surface area contributed by atoms with Gasteiger partial charge in [-0.2, -0.15) is 5.26 Å². The van der Waals surface area contributed by atoms with Gasteiger partial charge in [0.15, 0.2) is 0 Å². The Balaban J connectivity index is 3.42. The molecule has 0 N–H and O–H groups in total. The maximum absolute atomic E-state index is 11.3. The number of thiol groups is 1. The average molecular weight is 319 g/mol. The highest BCUT2D eigenvalue weighted by Crippen LogP contribution is 2.22. The highest BCUT2D eigenvalue weighted by molar-refractivity contribution is 14.1. The zero-order valence-corrected chi connectivity index (χ0v) is 10.3. The summed E-state index contributed by atoms with van der Waals surface area (Å²) in [5.41, 5.74) is 0.585. The van der Waals surface area contributed by atoms with Crippen LogP contribution in [-0.2, 0) is 4.74 Å². The van der Waals surface area contributed by atoms with Crippen LogP contribution in [0.4, 0.5) is 0 Å². The number of carbonyl (C=O) groups is 1. The Kier molecular flexibility index (Phi) is 3.77. The third-order valence-electron chi connectivity index (χ3n) is 1.58. The van der Waals surface area contributed by atoms with E-state index in [2.05, 4.69) is 17.4 Å². The van der Waals surface area contributed by atoms with Crippen LogP contribution in [0, 0.1) is 14.9 Å². The third kappa shape index (κ3) is 2.19. The molecule has 1 rings (SSSR count). The number of nitriles is 1. The largest absolute Gasteiger partial charge is 0.465 e. The molecule has 72 valence electrons. The summed E-state index contributed by atoms with van der Waals surface area (Å²) >= 11 is 6.09. The fraction of sp³-hybridized carbons (Fsp3) is 0.111. The van der Waals surface area contributed by atoms with Crippen LogP contribution >= 0.6 is 35.2 Å². The summed E-state index contributed by atoms with van der Waals surface area (Å²) in [6.45, 7) is 0. The van der Waals surface area contributed by atoms with Gasteiger partial charge in [-0.3, -0.25) is 0 Å². The molecule has 0 saturated carbocycles. The van der Waals surface area contributed by atoms with E-state index in [1.165, 1.54) is 13.2 Å². The predicted octanol–water partition coefficient (Wildman–Crippen LogP) is 2.24. The molecule has 0 aliphatic carbocycles. The Bertz CT molecular complexity index is 426. The molecule has 5 heteroatoms. The summed E-state index contributed by atoms with van der Waals surface area (Å²) in [6, 6.07) is 5.18. The Hall–Kier alpha value is -0.740. The molecule has 0 bridgehead atoms. The number of hydrogen-bond donors (Lipinski definition) is 1. The molecule has 14 heavy (non-hydrogen) atoms. The minimum atomic E-state index is -0.501. The summed E-state index contributed by atoms with van der Waals surface area (Å²) in [6.07, 6.45) is 0. The summed E-state index contributed by atoms with van der Waals surface area (Å²) in [4.78, 5) is 12.0. The van der Waals surface area contributed by atoms with Crippen LogP contribution in [0.15, 0.2) is 17.0 Å². The van der Waals surface area contributed by atoms with E-state index in [1.54, 1.807) is 6.07 Å². The lowest BCUT2D eigenvalue weighted by Gasteiger charge is -2.05. The Morgan fingerprint density at radius 1 is 1.64 bits per heavy atom. The van der Waals surface area contributed by atoms with Gasteiger partial charge in [-0.25, -0.2) is 4.79 Å². The lowest BCUT2D eigenvalue weighted by molar-refractivity contribution is 0.0599. The Labute approximate surface area is 101 Å². The predicted molar refractivity (Wildman–Crippen MR) is 62.5 cm³/mol. The molecule has 0 aromatic heterocycles. The first kappa shape index (κ1) is 11.3. The monoisotopic (exact) mass is 319 g/mol. The van der Waals surface area contributed by atoms with E-state index in [0.29, 0.717) is 14.0 Å². The quantitative estimate of drug-likeness (QED) is 0.491. The lowest BCUT2D eigenvalue weighted by Crippen LogP contribution is -2.06. The topological polar surface area (TPSA) is 50.1 Å². The fourth-order valence-corrected chi connectivity index (χ4v) is 2.34. The first-order valence-electron chi connectivity index (χ1n) is 3.61. The van der Waals surface area contributed by atoms with Gasteiger partial charge in [-0.15, -0.1) is 12.6 Å². The standard InChI is InChI=1S/C9H6INO2S/c1-13-9(12)8-5(4-11)2-6(14)3-7(8)10/h2-3,14H,1H3. The number of methoxy groups -OCH3 is 1. The molecular formula is C9H6INO2S. The number of rotatable bonds is 1. The molecule has 0 aliphatic rings. The smallest absolute Gasteiger partial charge is 0.340 e. The van der Waals surface area contributed by atoms with Crippen molar-refractivity contribution in [3.05, 3.63) is 26.8 Å². The molecular weight excluding hydrogens is 313 g/mol. The van der Waals surface area contributed by atoms with Gasteiger partial charge in [0.2, 0.25) is 0 Å². The zero-order valence-electron chi connectivity index (χ0n) is 7.24. The van der Waals surface area contributed by atoms with Gasteiger partial charge < -0.3 is 4.74 Å². The second-order valence-corrected chi connectivity index (χ2v) is 4.13. The fourth-order valence-electron chi connectivity index (χ4n) is 0.990. The number of hydrogen-bond acceptors (Lipinski definition) is 4. The molecule has 0 atom stereocenters. The number of carbonyl (C=O) groups excluding carboxylic acids is 1. The van der Waals surface area contributed by atoms with E-state index in [4.69, 9.17) is 5.26 Å². The normalized spacial score (nSPS) is 9.29. The van der Waals surface area contributed by atoms with E-state index in [0.717, 1.165) is 0 Å². The highest BCUT2D eigenvalue weighted by Gasteiger charge is 2.16. The Morgan fingerprint density at radius 2 is 2.29 bits per heavy atom. The van der Waals surface area contributed by atoms with Crippen molar-refractivity contribution in [2.24, 2.45) is 0 Å². The summed E-state index contributed by atoms with van der Waals surface area (Å²) in [5, 5.41) is 8.82. The molecule has 1 aromatic rings. The number of ether oxygens (including phenoxy) is 1. The number of nitrogens with zero attached hydrogens (tertiary/aromatic N) is 1. The molecule has 0 aliphatic heterocycles. The van der Waals surface area contributed by atoms with Gasteiger partial charge in [0.05, 0.1) is 18.2 Å². The van der Waals surface area contributed by atoms with E-state index >= 15 is 0 Å². The molecule has 0 saturated heterocycles. The molecule has 1 aromatic carbocycles. The highest BCUT2D eigenvalue weighted by atomic mass is 127. The molecule has 0 heterocycles. The van der Waals surface area contributed by atoms with Crippen LogP contribution in [0.5, 0.6) is 0 Å². The van der Waals surface area contributed by atoms with E-state index < -0.39 is 5.97 Å². The van der Waals surface area contributed by atoms with Crippen LogP contribution < -0.4 is 0 Å². The van der Waals surface area contributed by atoms with Crippen LogP contribution in [0.3, 0.4) is 0 Å². The van der Waals surface area contributed by atoms with Crippen LogP contribution in [0.1, 0.15) is 15.9 Å². The van der Waals surface area contributed by atoms with E-state index in [9.17, 15) is 4.79 Å². The molecule has 0 spiro atoms. The SMILES string of the molecule is COC(=O)c1c(I)cc(S)cc1C#N. The average Bonchev–Trinajstić information content (AvgIpc) is 2.15. The number of esters is 1. The summed E-state index contributed by atoms with van der Waals surface area (Å²) < 4.78 is 5.24. The van der Waals surface area contributed by atoms with Crippen LogP contribution in [0.25, 0.3) is 0 Å². The second kappa shape index (κ2) is 4.66. The molecule has 0 amide bonds. The molecule has 3 nitrogen and oxygen atoms in total. The summed E-state index contributed by atoms with van der Waals surface area (Å²) in [7, 11) is 1.29. The summed E-state index contributed by atoms with van der Waals surface area (Å²) in [5.74, 6) is -0.501. The second-order valence-electron chi connectivity index (χ2n) is 2.45. The van der Waals surface area contributed by atoms with Gasteiger partial charge in [0.25, 0.3) is 0 Å². The molecule has 0 fully saturated rings. The van der Waals surface area contributed by atoms with Crippen molar-refractivity contribution in [1.29, 1.82) is 5.26 Å². The van der Waals surface area contributed by atoms with Crippen molar-refractivity contribution < 1.29 is 9.53 Å². The van der Waals surface area contributed by atoms with Crippen molar-refractivity contribution in [1.82, 2.24) is 0 Å². The van der Waals surface area contributed by atoms with Gasteiger partial charge >= 0.3 is 5.97 Å². The van der Waals surface area contributed by atoms with Crippen molar-refractivity contribution in [2.75, 3.05) is 7.11 Å². The molecule has 0 unspecified atom stereocenters. The maximum Gasteiger partial charge on any atom is 0.340 e. The minimum absolute atomic E-state index is 0.286. The van der Waals surface area contributed by atoms with Crippen molar-refractivity contribution in [3.8, 4) is 6.07 Å². The van der Waals surface area contributed by atoms with Crippen LogP contribution in [0.2, 0.25) is 0 Å². The van der Waals surface area contributed by atoms with Crippen molar-refractivity contribution in [2.45, 2.75) is 4.90 Å². The molecule has 0 radical (unpaired) electrons. The number of halogens is 1. The van der Waals surface area contributed by atoms with Crippen LogP contribution in [-0.4, -0.2) is 13.1 Å². The van der Waals surface area contributed by atoms with E-state index in [1.807, 2.05) is 28.7 Å². The van der Waals surface area contributed by atoms with Crippen molar-refractivity contribution >= 4 is 41.2 Å². The number of benzene rings is 1. The van der Waals surface area contributed by atoms with Crippen molar-refractivity contribution in [3.63, 3.8) is 0 Å². The third-order valence-corrected chi connectivity index (χ3v) is 2.69. The zero-order chi connectivity index (χ0) is 10.7. The first-order chi connectivity index (χ1) is 6.60. The van der Waals surface area contributed by atoms with Gasteiger partial charge in [0.1, 0.15) is 6.07 Å². The van der Waals surface area contributed by atoms with Gasteiger partial charge in [0, 0.05) is 8.47 Å². The van der Waals surface area contributed by atoms with E-state index in [-0.39, 0.29) is 5.56 Å². The Morgan fingerprint density at radius 3 is 2.79 bits per heavy atom. The van der Waals surface area contributed by atoms with Gasteiger partial charge in [-0.1, -0.05) is 0 Å². The minimum Gasteiger partial charge on any atom is -0.465 e.